The average molecular weight is 390 g/mol. The Bertz CT molecular complexity index is 1090. The standard InChI is InChI=1S/C19H13F3N2O2S/c1-10-7-14(18(25)26)11(2)24(10)16-5-3-12(8-15(16)19(20,21)22)17-6-4-13(9-23)27-17/h3-8H,1-2H3,(H,25,26). The molecule has 2 aromatic heterocycles. The van der Waals surface area contributed by atoms with Crippen LogP contribution in [0.4, 0.5) is 13.2 Å². The zero-order valence-electron chi connectivity index (χ0n) is 14.3. The summed E-state index contributed by atoms with van der Waals surface area (Å²) in [6.07, 6.45) is -4.63. The second-order valence-electron chi connectivity index (χ2n) is 5.93. The lowest BCUT2D eigenvalue weighted by Gasteiger charge is -2.18. The molecule has 0 aliphatic carbocycles. The van der Waals surface area contributed by atoms with E-state index in [1.54, 1.807) is 19.1 Å². The number of thiophene rings is 1. The highest BCUT2D eigenvalue weighted by atomic mass is 32.1. The van der Waals surface area contributed by atoms with Crippen molar-refractivity contribution in [2.24, 2.45) is 0 Å². The van der Waals surface area contributed by atoms with Crippen molar-refractivity contribution in [3.05, 3.63) is 63.8 Å². The Morgan fingerprint density at radius 3 is 2.41 bits per heavy atom. The molecule has 0 spiro atoms. The summed E-state index contributed by atoms with van der Waals surface area (Å²) in [6, 6.07) is 10.4. The van der Waals surface area contributed by atoms with Crippen molar-refractivity contribution in [3.8, 4) is 22.2 Å². The molecule has 0 radical (unpaired) electrons. The molecule has 3 aromatic rings. The van der Waals surface area contributed by atoms with Gasteiger partial charge in [-0.2, -0.15) is 18.4 Å². The fraction of sp³-hybridized carbons (Fsp3) is 0.158. The molecule has 0 saturated heterocycles. The van der Waals surface area contributed by atoms with Gasteiger partial charge in [-0.15, -0.1) is 11.3 Å². The van der Waals surface area contributed by atoms with Gasteiger partial charge < -0.3 is 9.67 Å². The SMILES string of the molecule is Cc1cc(C(=O)O)c(C)n1-c1ccc(-c2ccc(C#N)s2)cc1C(F)(F)F. The summed E-state index contributed by atoms with van der Waals surface area (Å²) in [4.78, 5) is 12.3. The van der Waals surface area contributed by atoms with Crippen molar-refractivity contribution in [1.82, 2.24) is 4.57 Å². The first-order chi connectivity index (χ1) is 12.6. The maximum absolute atomic E-state index is 13.8. The van der Waals surface area contributed by atoms with Gasteiger partial charge >= 0.3 is 12.1 Å². The molecule has 0 aliphatic heterocycles. The van der Waals surface area contributed by atoms with Crippen LogP contribution in [0.1, 0.15) is 32.2 Å². The van der Waals surface area contributed by atoms with E-state index in [1.807, 2.05) is 6.07 Å². The van der Waals surface area contributed by atoms with Crippen LogP contribution >= 0.6 is 11.3 Å². The highest BCUT2D eigenvalue weighted by Gasteiger charge is 2.35. The number of aromatic nitrogens is 1. The third-order valence-corrected chi connectivity index (χ3v) is 5.24. The summed E-state index contributed by atoms with van der Waals surface area (Å²) in [6.45, 7) is 3.04. The van der Waals surface area contributed by atoms with Crippen molar-refractivity contribution >= 4 is 17.3 Å². The fourth-order valence-electron chi connectivity index (χ4n) is 3.01. The smallest absolute Gasteiger partial charge is 0.418 e. The van der Waals surface area contributed by atoms with E-state index in [-0.39, 0.29) is 16.9 Å². The van der Waals surface area contributed by atoms with Crippen molar-refractivity contribution in [1.29, 1.82) is 5.26 Å². The van der Waals surface area contributed by atoms with Gasteiger partial charge in [-0.1, -0.05) is 6.07 Å². The zero-order valence-corrected chi connectivity index (χ0v) is 15.1. The van der Waals surface area contributed by atoms with E-state index in [9.17, 15) is 23.1 Å². The van der Waals surface area contributed by atoms with Crippen molar-refractivity contribution in [2.45, 2.75) is 20.0 Å². The third-order valence-electron chi connectivity index (χ3n) is 4.21. The lowest BCUT2D eigenvalue weighted by Crippen LogP contribution is -2.13. The second kappa shape index (κ2) is 6.59. The summed E-state index contributed by atoms with van der Waals surface area (Å²) < 4.78 is 42.6. The number of carboxylic acid groups (broad SMARTS) is 1. The molecule has 0 saturated carbocycles. The molecule has 1 aromatic carbocycles. The van der Waals surface area contributed by atoms with Gasteiger partial charge in [0.2, 0.25) is 0 Å². The number of carbonyl (C=O) groups is 1. The lowest BCUT2D eigenvalue weighted by atomic mass is 10.1. The number of hydrogen-bond acceptors (Lipinski definition) is 3. The van der Waals surface area contributed by atoms with E-state index in [4.69, 9.17) is 5.26 Å². The summed E-state index contributed by atoms with van der Waals surface area (Å²) >= 11 is 1.11. The molecule has 0 aliphatic rings. The maximum Gasteiger partial charge on any atom is 0.418 e. The first-order valence-electron chi connectivity index (χ1n) is 7.77. The van der Waals surface area contributed by atoms with Gasteiger partial charge in [-0.05, 0) is 49.7 Å². The molecule has 138 valence electrons. The highest BCUT2D eigenvalue weighted by molar-refractivity contribution is 7.16. The van der Waals surface area contributed by atoms with E-state index >= 15 is 0 Å². The maximum atomic E-state index is 13.8. The van der Waals surface area contributed by atoms with Gasteiger partial charge in [0.1, 0.15) is 10.9 Å². The number of carboxylic acids is 1. The largest absolute Gasteiger partial charge is 0.478 e. The normalized spacial score (nSPS) is 11.4. The molecule has 0 atom stereocenters. The van der Waals surface area contributed by atoms with Crippen LogP contribution in [0.2, 0.25) is 0 Å². The van der Waals surface area contributed by atoms with Crippen LogP contribution in [0, 0.1) is 25.2 Å². The van der Waals surface area contributed by atoms with E-state index in [2.05, 4.69) is 0 Å². The Kier molecular flexibility index (Phi) is 4.57. The minimum atomic E-state index is -4.63. The van der Waals surface area contributed by atoms with Gasteiger partial charge in [0.25, 0.3) is 0 Å². The van der Waals surface area contributed by atoms with Crippen LogP contribution in [-0.2, 0) is 6.18 Å². The van der Waals surface area contributed by atoms with Crippen LogP contribution in [0.5, 0.6) is 0 Å². The number of nitriles is 1. The number of aromatic carboxylic acids is 1. The number of alkyl halides is 3. The first kappa shape index (κ1) is 18.7. The summed E-state index contributed by atoms with van der Waals surface area (Å²) in [5.41, 5.74) is -0.0799. The Hall–Kier alpha value is -3.05. The fourth-order valence-corrected chi connectivity index (χ4v) is 3.81. The Labute approximate surface area is 156 Å². The molecule has 4 nitrogen and oxygen atoms in total. The van der Waals surface area contributed by atoms with E-state index in [0.717, 1.165) is 17.4 Å². The summed E-state index contributed by atoms with van der Waals surface area (Å²) in [5.74, 6) is -1.19. The van der Waals surface area contributed by atoms with Gasteiger partial charge in [0.15, 0.2) is 0 Å². The van der Waals surface area contributed by atoms with E-state index < -0.39 is 17.7 Å². The van der Waals surface area contributed by atoms with Crippen LogP contribution in [0.15, 0.2) is 36.4 Å². The van der Waals surface area contributed by atoms with Gasteiger partial charge in [-0.25, -0.2) is 4.79 Å². The minimum Gasteiger partial charge on any atom is -0.478 e. The minimum absolute atomic E-state index is 0.0402. The number of rotatable bonds is 3. The molecule has 2 heterocycles. The van der Waals surface area contributed by atoms with Gasteiger partial charge in [0, 0.05) is 16.3 Å². The molecule has 0 bridgehead atoms. The first-order valence-corrected chi connectivity index (χ1v) is 8.59. The van der Waals surface area contributed by atoms with Gasteiger partial charge in [0.05, 0.1) is 16.8 Å². The quantitative estimate of drug-likeness (QED) is 0.650. The molecule has 0 unspecified atom stereocenters. The molecular weight excluding hydrogens is 377 g/mol. The number of hydrogen-bond donors (Lipinski definition) is 1. The van der Waals surface area contributed by atoms with Crippen molar-refractivity contribution in [2.75, 3.05) is 0 Å². The topological polar surface area (TPSA) is 66.0 Å². The zero-order chi connectivity index (χ0) is 19.9. The van der Waals surface area contributed by atoms with E-state index in [0.29, 0.717) is 21.0 Å². The lowest BCUT2D eigenvalue weighted by molar-refractivity contribution is -0.137. The molecule has 3 rings (SSSR count). The number of benzene rings is 1. The average Bonchev–Trinajstić information content (AvgIpc) is 3.18. The molecule has 0 amide bonds. The van der Waals surface area contributed by atoms with Gasteiger partial charge in [-0.3, -0.25) is 0 Å². The van der Waals surface area contributed by atoms with Crippen LogP contribution in [0.25, 0.3) is 16.1 Å². The molecule has 27 heavy (non-hydrogen) atoms. The number of nitrogens with zero attached hydrogens (tertiary/aromatic N) is 2. The summed E-state index contributed by atoms with van der Waals surface area (Å²) in [7, 11) is 0. The Balaban J connectivity index is 2.23. The highest BCUT2D eigenvalue weighted by Crippen LogP contribution is 2.39. The number of aryl methyl sites for hydroxylation is 1. The van der Waals surface area contributed by atoms with E-state index in [1.165, 1.54) is 29.7 Å². The van der Waals surface area contributed by atoms with Crippen LogP contribution < -0.4 is 0 Å². The second-order valence-corrected chi connectivity index (χ2v) is 7.01. The molecule has 1 N–H and O–H groups in total. The van der Waals surface area contributed by atoms with Crippen molar-refractivity contribution < 1.29 is 23.1 Å². The Morgan fingerprint density at radius 2 is 1.89 bits per heavy atom. The van der Waals surface area contributed by atoms with Crippen LogP contribution in [-0.4, -0.2) is 15.6 Å². The van der Waals surface area contributed by atoms with Crippen molar-refractivity contribution in [3.63, 3.8) is 0 Å². The molecule has 8 heteroatoms. The number of halogens is 3. The van der Waals surface area contributed by atoms with Crippen LogP contribution in [0.3, 0.4) is 0 Å². The Morgan fingerprint density at radius 1 is 1.19 bits per heavy atom. The molecule has 0 fully saturated rings. The monoisotopic (exact) mass is 390 g/mol. The third kappa shape index (κ3) is 3.34. The predicted octanol–water partition coefficient (Wildman–Crippen LogP) is 5.41. The molecular formula is C19H13F3N2O2S. The summed E-state index contributed by atoms with van der Waals surface area (Å²) in [5, 5.41) is 18.1. The predicted molar refractivity (Wildman–Crippen MR) is 95.2 cm³/mol.